The Hall–Kier alpha value is -2.08. The Balaban J connectivity index is 2.02. The molecule has 2 aromatic rings. The number of benzene rings is 2. The predicted octanol–water partition coefficient (Wildman–Crippen LogP) is 3.51. The van der Waals surface area contributed by atoms with Crippen molar-refractivity contribution in [2.24, 2.45) is 10.2 Å². The summed E-state index contributed by atoms with van der Waals surface area (Å²) < 4.78 is 35.3. The first-order chi connectivity index (χ1) is 9.45. The van der Waals surface area contributed by atoms with Crippen LogP contribution in [-0.2, 0) is 16.4 Å². The van der Waals surface area contributed by atoms with Gasteiger partial charge < -0.3 is 0 Å². The van der Waals surface area contributed by atoms with E-state index in [1.165, 1.54) is 36.4 Å². The van der Waals surface area contributed by atoms with Crippen LogP contribution in [0.1, 0.15) is 5.56 Å². The number of hydrogen-bond donors (Lipinski definition) is 0. The van der Waals surface area contributed by atoms with Gasteiger partial charge in [0.15, 0.2) is 9.84 Å². The topological polar surface area (TPSA) is 58.9 Å². The molecule has 0 aliphatic carbocycles. The lowest BCUT2D eigenvalue weighted by Gasteiger charge is -1.99. The quantitative estimate of drug-likeness (QED) is 0.810. The molecule has 6 heteroatoms. The Labute approximate surface area is 116 Å². The molecule has 104 valence electrons. The van der Waals surface area contributed by atoms with Gasteiger partial charge in [0, 0.05) is 6.26 Å². The summed E-state index contributed by atoms with van der Waals surface area (Å²) in [5.74, 6) is -0.319. The van der Waals surface area contributed by atoms with E-state index in [0.717, 1.165) is 11.8 Å². The molecular weight excluding hydrogens is 279 g/mol. The van der Waals surface area contributed by atoms with Crippen molar-refractivity contribution in [2.45, 2.75) is 11.4 Å². The van der Waals surface area contributed by atoms with Crippen molar-refractivity contribution in [3.8, 4) is 0 Å². The fourth-order valence-electron chi connectivity index (χ4n) is 1.55. The van der Waals surface area contributed by atoms with E-state index in [9.17, 15) is 12.8 Å². The highest BCUT2D eigenvalue weighted by Gasteiger charge is 2.05. The summed E-state index contributed by atoms with van der Waals surface area (Å²) >= 11 is 0. The van der Waals surface area contributed by atoms with Gasteiger partial charge in [-0.05, 0) is 42.0 Å². The van der Waals surface area contributed by atoms with Crippen LogP contribution in [-0.4, -0.2) is 14.7 Å². The van der Waals surface area contributed by atoms with Crippen molar-refractivity contribution in [1.29, 1.82) is 0 Å². The van der Waals surface area contributed by atoms with Gasteiger partial charge in [-0.15, -0.1) is 0 Å². The monoisotopic (exact) mass is 292 g/mol. The fraction of sp³-hybridized carbons (Fsp3) is 0.143. The van der Waals surface area contributed by atoms with E-state index < -0.39 is 9.84 Å². The maximum atomic E-state index is 12.7. The molecule has 0 saturated carbocycles. The second kappa shape index (κ2) is 5.92. The molecule has 0 heterocycles. The lowest BCUT2D eigenvalue weighted by molar-refractivity contribution is 0.602. The van der Waals surface area contributed by atoms with E-state index >= 15 is 0 Å². The van der Waals surface area contributed by atoms with Crippen LogP contribution in [0.15, 0.2) is 63.7 Å². The minimum atomic E-state index is -3.18. The molecule has 0 saturated heterocycles. The van der Waals surface area contributed by atoms with Crippen molar-refractivity contribution in [1.82, 2.24) is 0 Å². The van der Waals surface area contributed by atoms with E-state index in [-0.39, 0.29) is 10.7 Å². The van der Waals surface area contributed by atoms with Crippen molar-refractivity contribution in [3.05, 3.63) is 59.9 Å². The molecule has 2 aromatic carbocycles. The van der Waals surface area contributed by atoms with E-state index in [0.29, 0.717) is 12.2 Å². The van der Waals surface area contributed by atoms with E-state index in [2.05, 4.69) is 10.2 Å². The summed E-state index contributed by atoms with van der Waals surface area (Å²) in [6.07, 6.45) is 1.16. The van der Waals surface area contributed by atoms with Crippen molar-refractivity contribution in [3.63, 3.8) is 0 Å². The molecule has 0 spiro atoms. The zero-order valence-electron chi connectivity index (χ0n) is 10.8. The molecule has 0 aliphatic heterocycles. The summed E-state index contributed by atoms with van der Waals surface area (Å²) in [5.41, 5.74) is 1.42. The molecule has 2 rings (SSSR count). The van der Waals surface area contributed by atoms with Gasteiger partial charge in [0.1, 0.15) is 5.82 Å². The van der Waals surface area contributed by atoms with Crippen LogP contribution in [0, 0.1) is 5.82 Å². The van der Waals surface area contributed by atoms with Gasteiger partial charge in [-0.25, -0.2) is 12.8 Å². The molecule has 0 atom stereocenters. The van der Waals surface area contributed by atoms with Crippen LogP contribution < -0.4 is 0 Å². The third kappa shape index (κ3) is 3.96. The Morgan fingerprint density at radius 1 is 1.00 bits per heavy atom. The van der Waals surface area contributed by atoms with Crippen molar-refractivity contribution >= 4 is 15.5 Å². The average molecular weight is 292 g/mol. The molecule has 0 aliphatic rings. The SMILES string of the molecule is CS(=O)(=O)c1ccc(C/N=N/c2ccc(F)cc2)cc1. The molecule has 0 fully saturated rings. The number of hydrogen-bond acceptors (Lipinski definition) is 4. The summed E-state index contributed by atoms with van der Waals surface area (Å²) in [4.78, 5) is 0.275. The highest BCUT2D eigenvalue weighted by Crippen LogP contribution is 2.15. The minimum absolute atomic E-state index is 0.275. The third-order valence-corrected chi connectivity index (χ3v) is 3.75. The molecule has 0 aromatic heterocycles. The van der Waals surface area contributed by atoms with Gasteiger partial charge in [-0.3, -0.25) is 0 Å². The lowest BCUT2D eigenvalue weighted by atomic mass is 10.2. The Kier molecular flexibility index (Phi) is 4.24. The molecule has 0 unspecified atom stereocenters. The number of sulfone groups is 1. The summed E-state index contributed by atoms with van der Waals surface area (Å²) in [6.45, 7) is 0.335. The van der Waals surface area contributed by atoms with Crippen LogP contribution in [0.4, 0.5) is 10.1 Å². The average Bonchev–Trinajstić information content (AvgIpc) is 2.41. The highest BCUT2D eigenvalue weighted by atomic mass is 32.2. The fourth-order valence-corrected chi connectivity index (χ4v) is 2.18. The van der Waals surface area contributed by atoms with Gasteiger partial charge in [0.25, 0.3) is 0 Å². The van der Waals surface area contributed by atoms with E-state index in [4.69, 9.17) is 0 Å². The smallest absolute Gasteiger partial charge is 0.175 e. The maximum absolute atomic E-state index is 12.7. The molecule has 0 bridgehead atoms. The zero-order chi connectivity index (χ0) is 14.6. The van der Waals surface area contributed by atoms with Crippen LogP contribution in [0.3, 0.4) is 0 Å². The first kappa shape index (κ1) is 14.3. The minimum Gasteiger partial charge on any atom is -0.224 e. The standard InChI is InChI=1S/C14H13FN2O2S/c1-20(18,19)14-8-2-11(3-9-14)10-16-17-13-6-4-12(15)5-7-13/h2-9H,10H2,1H3/b17-16+. The van der Waals surface area contributed by atoms with Crippen molar-refractivity contribution < 1.29 is 12.8 Å². The summed E-state index contributed by atoms with van der Waals surface area (Å²) in [6, 6.07) is 12.2. The number of halogens is 1. The Morgan fingerprint density at radius 2 is 1.60 bits per heavy atom. The predicted molar refractivity (Wildman–Crippen MR) is 74.2 cm³/mol. The zero-order valence-corrected chi connectivity index (χ0v) is 11.6. The second-order valence-corrected chi connectivity index (χ2v) is 6.31. The van der Waals surface area contributed by atoms with E-state index in [1.54, 1.807) is 12.1 Å². The summed E-state index contributed by atoms with van der Waals surface area (Å²) in [7, 11) is -3.18. The first-order valence-corrected chi connectivity index (χ1v) is 7.76. The molecular formula is C14H13FN2O2S. The molecule has 20 heavy (non-hydrogen) atoms. The van der Waals surface area contributed by atoms with Crippen molar-refractivity contribution in [2.75, 3.05) is 6.26 Å². The molecule has 4 nitrogen and oxygen atoms in total. The maximum Gasteiger partial charge on any atom is 0.175 e. The first-order valence-electron chi connectivity index (χ1n) is 5.87. The molecule has 0 radical (unpaired) electrons. The number of rotatable bonds is 4. The van der Waals surface area contributed by atoms with E-state index in [1.807, 2.05) is 0 Å². The summed E-state index contributed by atoms with van der Waals surface area (Å²) in [5, 5.41) is 7.94. The van der Waals surface area contributed by atoms with Gasteiger partial charge in [-0.1, -0.05) is 12.1 Å². The van der Waals surface area contributed by atoms with Gasteiger partial charge >= 0.3 is 0 Å². The Morgan fingerprint density at radius 3 is 2.15 bits per heavy atom. The molecule has 0 N–H and O–H groups in total. The Bertz CT molecular complexity index is 708. The lowest BCUT2D eigenvalue weighted by Crippen LogP contribution is -1.96. The van der Waals surface area contributed by atoms with Gasteiger partial charge in [-0.2, -0.15) is 10.2 Å². The largest absolute Gasteiger partial charge is 0.224 e. The van der Waals surface area contributed by atoms with Crippen LogP contribution >= 0.6 is 0 Å². The number of azo groups is 1. The van der Waals surface area contributed by atoms with Crippen LogP contribution in [0.5, 0.6) is 0 Å². The van der Waals surface area contributed by atoms with Gasteiger partial charge in [0.05, 0.1) is 17.1 Å². The van der Waals surface area contributed by atoms with Gasteiger partial charge in [0.2, 0.25) is 0 Å². The normalized spacial score (nSPS) is 11.9. The van der Waals surface area contributed by atoms with Crippen LogP contribution in [0.2, 0.25) is 0 Å². The highest BCUT2D eigenvalue weighted by molar-refractivity contribution is 7.90. The number of nitrogens with zero attached hydrogens (tertiary/aromatic N) is 2. The van der Waals surface area contributed by atoms with Crippen LogP contribution in [0.25, 0.3) is 0 Å². The third-order valence-electron chi connectivity index (χ3n) is 2.62. The second-order valence-electron chi connectivity index (χ2n) is 4.29. The molecule has 0 amide bonds.